The number of carbonyl (C=O) groups excluding carboxylic acids is 1. The molecule has 1 aromatic rings. The number of H-pyrrole nitrogens is 1. The summed E-state index contributed by atoms with van der Waals surface area (Å²) in [5.41, 5.74) is -0.754. The molecule has 7 heteroatoms. The molecular weight excluding hydrogens is 279 g/mol. The highest BCUT2D eigenvalue weighted by Gasteiger charge is 2.39. The van der Waals surface area contributed by atoms with Crippen LogP contribution in [0.4, 0.5) is 0 Å². The number of aromatic amines is 1. The number of nitrogens with one attached hydrogen (secondary N) is 2. The van der Waals surface area contributed by atoms with E-state index in [4.69, 9.17) is 27.9 Å². The third-order valence-electron chi connectivity index (χ3n) is 3.18. The fraction of sp³-hybridized carbons (Fsp3) is 0.545. The van der Waals surface area contributed by atoms with Crippen molar-refractivity contribution in [3.63, 3.8) is 0 Å². The second-order valence-electron chi connectivity index (χ2n) is 4.39. The Balaban J connectivity index is 1.96. The topological polar surface area (TPSA) is 74.3 Å². The Kier molecular flexibility index (Phi) is 3.87. The van der Waals surface area contributed by atoms with E-state index in [2.05, 4.69) is 10.3 Å². The highest BCUT2D eigenvalue weighted by molar-refractivity contribution is 6.41. The van der Waals surface area contributed by atoms with Gasteiger partial charge in [0.25, 0.3) is 5.91 Å². The minimum Gasteiger partial charge on any atom is -0.385 e. The van der Waals surface area contributed by atoms with Crippen LogP contribution in [0.25, 0.3) is 0 Å². The first-order valence-electron chi connectivity index (χ1n) is 5.58. The lowest BCUT2D eigenvalue weighted by Crippen LogP contribution is -2.47. The van der Waals surface area contributed by atoms with E-state index >= 15 is 0 Å². The average Bonchev–Trinajstić information content (AvgIpc) is 2.82. The van der Waals surface area contributed by atoms with Gasteiger partial charge in [-0.25, -0.2) is 0 Å². The van der Waals surface area contributed by atoms with Crippen molar-refractivity contribution in [2.75, 3.05) is 13.2 Å². The van der Waals surface area contributed by atoms with Crippen molar-refractivity contribution < 1.29 is 14.6 Å². The van der Waals surface area contributed by atoms with E-state index in [1.807, 2.05) is 0 Å². The summed E-state index contributed by atoms with van der Waals surface area (Å²) in [6.07, 6.45) is 0.203. The van der Waals surface area contributed by atoms with Crippen LogP contribution in [0.1, 0.15) is 23.8 Å². The zero-order valence-electron chi connectivity index (χ0n) is 9.80. The van der Waals surface area contributed by atoms with Crippen LogP contribution < -0.4 is 5.32 Å². The number of aromatic nitrogens is 1. The monoisotopic (exact) mass is 292 g/mol. The molecule has 2 heterocycles. The maximum Gasteiger partial charge on any atom is 0.267 e. The summed E-state index contributed by atoms with van der Waals surface area (Å²) in [7, 11) is 0. The Morgan fingerprint density at radius 2 is 2.44 bits per heavy atom. The van der Waals surface area contributed by atoms with Crippen LogP contribution in [0.2, 0.25) is 10.2 Å². The quantitative estimate of drug-likeness (QED) is 0.792. The zero-order chi connectivity index (χ0) is 13.3. The first-order valence-corrected chi connectivity index (χ1v) is 6.34. The Hall–Kier alpha value is -0.750. The zero-order valence-corrected chi connectivity index (χ0v) is 11.3. The van der Waals surface area contributed by atoms with Crippen LogP contribution in [0, 0.1) is 0 Å². The molecule has 0 spiro atoms. The van der Waals surface area contributed by atoms with Crippen LogP contribution in [-0.2, 0) is 4.74 Å². The van der Waals surface area contributed by atoms with Crippen LogP contribution in [0.15, 0.2) is 6.07 Å². The van der Waals surface area contributed by atoms with Gasteiger partial charge in [-0.15, -0.1) is 0 Å². The molecule has 18 heavy (non-hydrogen) atoms. The fourth-order valence-corrected chi connectivity index (χ4v) is 2.17. The summed E-state index contributed by atoms with van der Waals surface area (Å²) >= 11 is 11.5. The number of hydrogen-bond acceptors (Lipinski definition) is 3. The molecule has 1 aromatic heterocycles. The number of carbonyl (C=O) groups is 1. The number of amides is 1. The Morgan fingerprint density at radius 1 is 1.72 bits per heavy atom. The van der Waals surface area contributed by atoms with E-state index in [-0.39, 0.29) is 34.4 Å². The SMILES string of the molecule is CC1OCCC1(O)CNC(=O)c1cc(Cl)c(Cl)[nH]1. The standard InChI is InChI=1S/C11H14Cl2N2O3/c1-6-11(17,2-3-18-6)5-14-10(16)8-4-7(12)9(13)15-8/h4,6,15,17H,2-3,5H2,1H3,(H,14,16). The van der Waals surface area contributed by atoms with Crippen molar-refractivity contribution in [2.45, 2.75) is 25.0 Å². The van der Waals surface area contributed by atoms with Crippen molar-refractivity contribution in [3.8, 4) is 0 Å². The first kappa shape index (κ1) is 13.7. The molecule has 1 fully saturated rings. The summed E-state index contributed by atoms with van der Waals surface area (Å²) < 4.78 is 5.28. The molecule has 1 amide bonds. The van der Waals surface area contributed by atoms with E-state index < -0.39 is 5.60 Å². The van der Waals surface area contributed by atoms with Gasteiger partial charge in [0.2, 0.25) is 0 Å². The number of rotatable bonds is 3. The minimum absolute atomic E-state index is 0.126. The van der Waals surface area contributed by atoms with Crippen LogP contribution in [0.3, 0.4) is 0 Å². The first-order chi connectivity index (χ1) is 8.42. The normalized spacial score (nSPS) is 27.4. The van der Waals surface area contributed by atoms with E-state index in [1.165, 1.54) is 6.07 Å². The van der Waals surface area contributed by atoms with E-state index in [1.54, 1.807) is 6.92 Å². The molecule has 2 rings (SSSR count). The van der Waals surface area contributed by atoms with E-state index in [0.29, 0.717) is 13.0 Å². The predicted molar refractivity (Wildman–Crippen MR) is 68.1 cm³/mol. The fourth-order valence-electron chi connectivity index (χ4n) is 1.86. The van der Waals surface area contributed by atoms with Crippen molar-refractivity contribution in [3.05, 3.63) is 21.9 Å². The summed E-state index contributed by atoms with van der Waals surface area (Å²) in [6.45, 7) is 2.40. The van der Waals surface area contributed by atoms with Gasteiger partial charge >= 0.3 is 0 Å². The van der Waals surface area contributed by atoms with Gasteiger partial charge in [0.15, 0.2) is 0 Å². The largest absolute Gasteiger partial charge is 0.385 e. The van der Waals surface area contributed by atoms with Gasteiger partial charge in [-0.05, 0) is 13.0 Å². The minimum atomic E-state index is -1.02. The predicted octanol–water partition coefficient (Wildman–Crippen LogP) is 1.59. The van der Waals surface area contributed by atoms with Gasteiger partial charge in [0.1, 0.15) is 16.4 Å². The Bertz CT molecular complexity index is 444. The molecule has 0 aliphatic carbocycles. The molecule has 0 aromatic carbocycles. The lowest BCUT2D eigenvalue weighted by atomic mass is 9.97. The van der Waals surface area contributed by atoms with Gasteiger partial charge in [0.05, 0.1) is 11.1 Å². The van der Waals surface area contributed by atoms with Gasteiger partial charge in [-0.3, -0.25) is 4.79 Å². The van der Waals surface area contributed by atoms with Crippen molar-refractivity contribution in [2.24, 2.45) is 0 Å². The second kappa shape index (κ2) is 5.09. The third kappa shape index (κ3) is 2.64. The third-order valence-corrected chi connectivity index (χ3v) is 3.88. The summed E-state index contributed by atoms with van der Waals surface area (Å²) in [6, 6.07) is 1.44. The molecule has 5 nitrogen and oxygen atoms in total. The molecule has 0 radical (unpaired) electrons. The van der Waals surface area contributed by atoms with E-state index in [9.17, 15) is 9.90 Å². The molecular formula is C11H14Cl2N2O3. The smallest absolute Gasteiger partial charge is 0.267 e. The maximum absolute atomic E-state index is 11.8. The highest BCUT2D eigenvalue weighted by atomic mass is 35.5. The molecule has 100 valence electrons. The lowest BCUT2D eigenvalue weighted by Gasteiger charge is -2.25. The van der Waals surface area contributed by atoms with Gasteiger partial charge in [0, 0.05) is 19.6 Å². The van der Waals surface area contributed by atoms with Gasteiger partial charge in [-0.2, -0.15) is 0 Å². The lowest BCUT2D eigenvalue weighted by molar-refractivity contribution is -0.0251. The van der Waals surface area contributed by atoms with Crippen molar-refractivity contribution >= 4 is 29.1 Å². The molecule has 1 saturated heterocycles. The van der Waals surface area contributed by atoms with Crippen LogP contribution in [-0.4, -0.2) is 40.9 Å². The molecule has 1 aliphatic rings. The van der Waals surface area contributed by atoms with Gasteiger partial charge in [-0.1, -0.05) is 23.2 Å². The van der Waals surface area contributed by atoms with Crippen LogP contribution >= 0.6 is 23.2 Å². The summed E-state index contributed by atoms with van der Waals surface area (Å²) in [5.74, 6) is -0.365. The Morgan fingerprint density at radius 3 is 2.94 bits per heavy atom. The molecule has 1 aliphatic heterocycles. The summed E-state index contributed by atoms with van der Waals surface area (Å²) in [5, 5.41) is 13.4. The van der Waals surface area contributed by atoms with Crippen LogP contribution in [0.5, 0.6) is 0 Å². The molecule has 0 saturated carbocycles. The van der Waals surface area contributed by atoms with Crippen molar-refractivity contribution in [1.82, 2.24) is 10.3 Å². The van der Waals surface area contributed by atoms with E-state index in [0.717, 1.165) is 0 Å². The average molecular weight is 293 g/mol. The number of hydrogen-bond donors (Lipinski definition) is 3. The highest BCUT2D eigenvalue weighted by Crippen LogP contribution is 2.25. The molecule has 0 bridgehead atoms. The molecule has 2 unspecified atom stereocenters. The Labute approximate surface area is 114 Å². The van der Waals surface area contributed by atoms with Gasteiger partial charge < -0.3 is 20.1 Å². The number of aliphatic hydroxyl groups is 1. The number of halogens is 2. The molecule has 2 atom stereocenters. The maximum atomic E-state index is 11.8. The molecule has 3 N–H and O–H groups in total. The summed E-state index contributed by atoms with van der Waals surface area (Å²) in [4.78, 5) is 14.5. The number of ether oxygens (including phenoxy) is 1. The van der Waals surface area contributed by atoms with Crippen molar-refractivity contribution in [1.29, 1.82) is 0 Å². The second-order valence-corrected chi connectivity index (χ2v) is 5.18.